The summed E-state index contributed by atoms with van der Waals surface area (Å²) >= 11 is 0. The summed E-state index contributed by atoms with van der Waals surface area (Å²) < 4.78 is 6.90. The molecule has 0 amide bonds. The van der Waals surface area contributed by atoms with Gasteiger partial charge >= 0.3 is 5.97 Å². The van der Waals surface area contributed by atoms with Gasteiger partial charge in [-0.1, -0.05) is 6.07 Å². The number of nitrogens with zero attached hydrogens (tertiary/aromatic N) is 1. The van der Waals surface area contributed by atoms with Crippen molar-refractivity contribution >= 4 is 5.97 Å². The molecule has 0 radical (unpaired) electrons. The van der Waals surface area contributed by atoms with Crippen molar-refractivity contribution in [2.24, 2.45) is 0 Å². The van der Waals surface area contributed by atoms with Crippen molar-refractivity contribution < 1.29 is 9.53 Å². The molecule has 0 unspecified atom stereocenters. The second-order valence-electron chi connectivity index (χ2n) is 3.36. The quantitative estimate of drug-likeness (QED) is 0.737. The topological polar surface area (TPSA) is 31.2 Å². The van der Waals surface area contributed by atoms with E-state index in [0.717, 1.165) is 5.69 Å². The Hall–Kier alpha value is -2.03. The Morgan fingerprint density at radius 2 is 2.00 bits per heavy atom. The normalized spacial score (nSPS) is 10.1. The van der Waals surface area contributed by atoms with Gasteiger partial charge in [-0.25, -0.2) is 4.79 Å². The highest BCUT2D eigenvalue weighted by atomic mass is 16.5. The molecule has 0 fully saturated rings. The number of benzene rings is 1. The number of carbonyl (C=O) groups excluding carboxylic acids is 1. The van der Waals surface area contributed by atoms with E-state index in [2.05, 4.69) is 0 Å². The lowest BCUT2D eigenvalue weighted by Gasteiger charge is -2.05. The molecule has 2 aromatic rings. The van der Waals surface area contributed by atoms with Crippen molar-refractivity contribution in [3.05, 3.63) is 54.4 Å². The summed E-state index contributed by atoms with van der Waals surface area (Å²) in [6, 6.07) is 11.3. The molecule has 0 aliphatic rings. The van der Waals surface area contributed by atoms with E-state index in [9.17, 15) is 4.79 Å². The minimum atomic E-state index is -0.281. The van der Waals surface area contributed by atoms with Crippen LogP contribution in [0.15, 0.2) is 48.8 Å². The monoisotopic (exact) mass is 215 g/mol. The van der Waals surface area contributed by atoms with Crippen LogP contribution in [-0.4, -0.2) is 17.1 Å². The molecule has 0 aliphatic heterocycles. The molecular weight excluding hydrogens is 202 g/mol. The fourth-order valence-corrected chi connectivity index (χ4v) is 1.51. The van der Waals surface area contributed by atoms with Crippen LogP contribution in [0.2, 0.25) is 0 Å². The SMILES string of the molecule is CCOC(=O)c1cccc(-n2cccc2)c1. The maximum Gasteiger partial charge on any atom is 0.338 e. The summed E-state index contributed by atoms with van der Waals surface area (Å²) in [5.74, 6) is -0.281. The molecule has 16 heavy (non-hydrogen) atoms. The van der Waals surface area contributed by atoms with Gasteiger partial charge in [0, 0.05) is 18.1 Å². The predicted molar refractivity (Wildman–Crippen MR) is 61.7 cm³/mol. The van der Waals surface area contributed by atoms with Gasteiger partial charge in [0.05, 0.1) is 12.2 Å². The van der Waals surface area contributed by atoms with Crippen LogP contribution in [-0.2, 0) is 4.74 Å². The van der Waals surface area contributed by atoms with Gasteiger partial charge in [0.1, 0.15) is 0 Å². The Morgan fingerprint density at radius 3 is 2.69 bits per heavy atom. The second-order valence-corrected chi connectivity index (χ2v) is 3.36. The van der Waals surface area contributed by atoms with Gasteiger partial charge in [-0.15, -0.1) is 0 Å². The molecule has 1 heterocycles. The van der Waals surface area contributed by atoms with Crippen molar-refractivity contribution in [2.75, 3.05) is 6.61 Å². The number of hydrogen-bond acceptors (Lipinski definition) is 2. The third-order valence-corrected chi connectivity index (χ3v) is 2.26. The van der Waals surface area contributed by atoms with Gasteiger partial charge in [-0.3, -0.25) is 0 Å². The van der Waals surface area contributed by atoms with Gasteiger partial charge in [0.2, 0.25) is 0 Å². The summed E-state index contributed by atoms with van der Waals surface area (Å²) in [5, 5.41) is 0. The van der Waals surface area contributed by atoms with E-state index in [0.29, 0.717) is 12.2 Å². The lowest BCUT2D eigenvalue weighted by Crippen LogP contribution is -2.05. The molecule has 3 nitrogen and oxygen atoms in total. The molecule has 0 saturated carbocycles. The molecule has 1 aromatic heterocycles. The van der Waals surface area contributed by atoms with Crippen molar-refractivity contribution in [2.45, 2.75) is 6.92 Å². The molecule has 0 N–H and O–H groups in total. The van der Waals surface area contributed by atoms with E-state index < -0.39 is 0 Å². The minimum Gasteiger partial charge on any atom is -0.462 e. The highest BCUT2D eigenvalue weighted by molar-refractivity contribution is 5.90. The molecule has 3 heteroatoms. The third-order valence-electron chi connectivity index (χ3n) is 2.26. The highest BCUT2D eigenvalue weighted by Crippen LogP contribution is 2.11. The first-order valence-electron chi connectivity index (χ1n) is 5.22. The lowest BCUT2D eigenvalue weighted by atomic mass is 10.2. The molecule has 2 rings (SSSR count). The molecule has 82 valence electrons. The zero-order valence-corrected chi connectivity index (χ0v) is 9.09. The van der Waals surface area contributed by atoms with Gasteiger partial charge in [-0.2, -0.15) is 0 Å². The maximum absolute atomic E-state index is 11.5. The van der Waals surface area contributed by atoms with Crippen molar-refractivity contribution in [1.82, 2.24) is 4.57 Å². The van der Waals surface area contributed by atoms with Crippen molar-refractivity contribution in [1.29, 1.82) is 0 Å². The fraction of sp³-hybridized carbons (Fsp3) is 0.154. The number of esters is 1. The summed E-state index contributed by atoms with van der Waals surface area (Å²) in [6.07, 6.45) is 3.87. The zero-order valence-electron chi connectivity index (χ0n) is 9.09. The number of rotatable bonds is 3. The van der Waals surface area contributed by atoms with Crippen LogP contribution < -0.4 is 0 Å². The molecule has 1 aromatic carbocycles. The van der Waals surface area contributed by atoms with Crippen LogP contribution in [0.4, 0.5) is 0 Å². The van der Waals surface area contributed by atoms with E-state index in [1.165, 1.54) is 0 Å². The average Bonchev–Trinajstić information content (AvgIpc) is 2.83. The minimum absolute atomic E-state index is 0.281. The molecule has 0 bridgehead atoms. The Morgan fingerprint density at radius 1 is 1.25 bits per heavy atom. The van der Waals surface area contributed by atoms with E-state index in [1.54, 1.807) is 13.0 Å². The van der Waals surface area contributed by atoms with E-state index in [1.807, 2.05) is 47.3 Å². The third kappa shape index (κ3) is 2.14. The average molecular weight is 215 g/mol. The first kappa shape index (κ1) is 10.5. The molecular formula is C13H13NO2. The Labute approximate surface area is 94.3 Å². The van der Waals surface area contributed by atoms with E-state index >= 15 is 0 Å². The van der Waals surface area contributed by atoms with Gasteiger partial charge in [0.25, 0.3) is 0 Å². The van der Waals surface area contributed by atoms with Gasteiger partial charge < -0.3 is 9.30 Å². The molecule has 0 spiro atoms. The number of carbonyl (C=O) groups is 1. The van der Waals surface area contributed by atoms with Crippen LogP contribution in [0.3, 0.4) is 0 Å². The van der Waals surface area contributed by atoms with Crippen LogP contribution in [0.5, 0.6) is 0 Å². The maximum atomic E-state index is 11.5. The van der Waals surface area contributed by atoms with Crippen LogP contribution in [0, 0.1) is 0 Å². The van der Waals surface area contributed by atoms with Gasteiger partial charge in [0.15, 0.2) is 0 Å². The highest BCUT2D eigenvalue weighted by Gasteiger charge is 2.06. The smallest absolute Gasteiger partial charge is 0.338 e. The van der Waals surface area contributed by atoms with Gasteiger partial charge in [-0.05, 0) is 37.3 Å². The number of aromatic nitrogens is 1. The Balaban J connectivity index is 2.30. The number of ether oxygens (including phenoxy) is 1. The predicted octanol–water partition coefficient (Wildman–Crippen LogP) is 2.65. The molecule has 0 atom stereocenters. The summed E-state index contributed by atoms with van der Waals surface area (Å²) in [4.78, 5) is 11.5. The molecule has 0 saturated heterocycles. The molecule has 0 aliphatic carbocycles. The van der Waals surface area contributed by atoms with Crippen LogP contribution >= 0.6 is 0 Å². The lowest BCUT2D eigenvalue weighted by molar-refractivity contribution is 0.0526. The second kappa shape index (κ2) is 4.66. The van der Waals surface area contributed by atoms with E-state index in [4.69, 9.17) is 4.74 Å². The summed E-state index contributed by atoms with van der Waals surface area (Å²) in [6.45, 7) is 2.19. The first-order valence-corrected chi connectivity index (χ1v) is 5.22. The largest absolute Gasteiger partial charge is 0.462 e. The fourth-order valence-electron chi connectivity index (χ4n) is 1.51. The van der Waals surface area contributed by atoms with Crippen LogP contribution in [0.1, 0.15) is 17.3 Å². The Bertz CT molecular complexity index is 474. The van der Waals surface area contributed by atoms with E-state index in [-0.39, 0.29) is 5.97 Å². The summed E-state index contributed by atoms with van der Waals surface area (Å²) in [5.41, 5.74) is 1.53. The van der Waals surface area contributed by atoms with Crippen molar-refractivity contribution in [3.8, 4) is 5.69 Å². The standard InChI is InChI=1S/C13H13NO2/c1-2-16-13(15)11-6-5-7-12(10-11)14-8-3-4-9-14/h3-10H,2H2,1H3. The van der Waals surface area contributed by atoms with Crippen LogP contribution in [0.25, 0.3) is 5.69 Å². The van der Waals surface area contributed by atoms with Crippen molar-refractivity contribution in [3.63, 3.8) is 0 Å². The first-order chi connectivity index (χ1) is 7.81. The summed E-state index contributed by atoms with van der Waals surface area (Å²) in [7, 11) is 0. The zero-order chi connectivity index (χ0) is 11.4. The number of hydrogen-bond donors (Lipinski definition) is 0. The Kier molecular flexibility index (Phi) is 3.05.